The van der Waals surface area contributed by atoms with Crippen LogP contribution in [-0.2, 0) is 9.16 Å². The average molecular weight is 155 g/mol. The van der Waals surface area contributed by atoms with E-state index in [1.54, 1.807) is 14.2 Å². The standard InChI is InChI=1S/C4H11ClO2Si/c1-6-4-8(3,5)7-2/h4H2,1-3H3. The molecule has 0 spiro atoms. The molecule has 0 radical (unpaired) electrons. The second kappa shape index (κ2) is 3.45. The first-order chi connectivity index (χ1) is 3.62. The highest BCUT2D eigenvalue weighted by Gasteiger charge is 2.23. The predicted octanol–water partition coefficient (Wildman–Crippen LogP) is 1.13. The Kier molecular flexibility index (Phi) is 3.64. The van der Waals surface area contributed by atoms with E-state index in [4.69, 9.17) is 20.2 Å². The second-order valence-electron chi connectivity index (χ2n) is 1.74. The Balaban J connectivity index is 3.37. The van der Waals surface area contributed by atoms with Crippen molar-refractivity contribution in [3.8, 4) is 0 Å². The molecule has 0 saturated heterocycles. The molecule has 0 saturated carbocycles. The monoisotopic (exact) mass is 154 g/mol. The van der Waals surface area contributed by atoms with E-state index in [1.165, 1.54) is 0 Å². The summed E-state index contributed by atoms with van der Waals surface area (Å²) in [6, 6.07) is 0. The zero-order valence-electron chi connectivity index (χ0n) is 5.40. The van der Waals surface area contributed by atoms with E-state index in [0.717, 1.165) is 0 Å². The minimum absolute atomic E-state index is 0.547. The highest BCUT2D eigenvalue weighted by atomic mass is 35.6. The van der Waals surface area contributed by atoms with E-state index in [9.17, 15) is 0 Å². The van der Waals surface area contributed by atoms with E-state index < -0.39 is 7.63 Å². The van der Waals surface area contributed by atoms with Crippen molar-refractivity contribution in [2.75, 3.05) is 20.4 Å². The van der Waals surface area contributed by atoms with Crippen LogP contribution in [0, 0.1) is 0 Å². The second-order valence-corrected chi connectivity index (χ2v) is 7.04. The van der Waals surface area contributed by atoms with Crippen LogP contribution < -0.4 is 0 Å². The van der Waals surface area contributed by atoms with Crippen LogP contribution in [0.3, 0.4) is 0 Å². The Hall–Kier alpha value is 0.427. The van der Waals surface area contributed by atoms with Crippen LogP contribution in [0.5, 0.6) is 0 Å². The number of rotatable bonds is 3. The van der Waals surface area contributed by atoms with Gasteiger partial charge in [0.15, 0.2) is 0 Å². The lowest BCUT2D eigenvalue weighted by molar-refractivity contribution is 0.228. The first-order valence-corrected chi connectivity index (χ1v) is 5.98. The lowest BCUT2D eigenvalue weighted by Crippen LogP contribution is -2.32. The third-order valence-corrected chi connectivity index (χ3v) is 3.27. The van der Waals surface area contributed by atoms with Crippen LogP contribution in [0.1, 0.15) is 0 Å². The zero-order valence-corrected chi connectivity index (χ0v) is 7.16. The molecule has 2 nitrogen and oxygen atoms in total. The molecule has 0 aromatic rings. The number of halogens is 1. The van der Waals surface area contributed by atoms with Gasteiger partial charge in [-0.25, -0.2) is 0 Å². The van der Waals surface area contributed by atoms with E-state index in [2.05, 4.69) is 0 Å². The fraction of sp³-hybridized carbons (Fsp3) is 1.00. The van der Waals surface area contributed by atoms with Gasteiger partial charge in [-0.3, -0.25) is 0 Å². The third kappa shape index (κ3) is 3.43. The van der Waals surface area contributed by atoms with Crippen LogP contribution in [0.2, 0.25) is 6.55 Å². The van der Waals surface area contributed by atoms with Gasteiger partial charge in [-0.05, 0) is 6.55 Å². The van der Waals surface area contributed by atoms with Gasteiger partial charge in [0.25, 0.3) is 0 Å². The fourth-order valence-electron chi connectivity index (χ4n) is 0.317. The maximum atomic E-state index is 5.81. The molecule has 0 aromatic heterocycles. The van der Waals surface area contributed by atoms with E-state index in [-0.39, 0.29) is 0 Å². The summed E-state index contributed by atoms with van der Waals surface area (Å²) in [4.78, 5) is 0. The molecular weight excluding hydrogens is 144 g/mol. The summed E-state index contributed by atoms with van der Waals surface area (Å²) in [5.41, 5.74) is 0. The Labute approximate surface area is 55.6 Å². The van der Waals surface area contributed by atoms with Crippen molar-refractivity contribution in [1.29, 1.82) is 0 Å². The van der Waals surface area contributed by atoms with Gasteiger partial charge in [0, 0.05) is 14.2 Å². The molecular formula is C4H11ClO2Si. The molecule has 0 aliphatic heterocycles. The predicted molar refractivity (Wildman–Crippen MR) is 36.4 cm³/mol. The molecule has 0 N–H and O–H groups in total. The van der Waals surface area contributed by atoms with Gasteiger partial charge in [0.05, 0.1) is 6.23 Å². The van der Waals surface area contributed by atoms with Gasteiger partial charge in [-0.1, -0.05) is 0 Å². The molecule has 0 fully saturated rings. The van der Waals surface area contributed by atoms with Gasteiger partial charge in [-0.15, -0.1) is 11.1 Å². The fourth-order valence-corrected chi connectivity index (χ4v) is 1.28. The Morgan fingerprint density at radius 1 is 1.50 bits per heavy atom. The quantitative estimate of drug-likeness (QED) is 0.448. The highest BCUT2D eigenvalue weighted by molar-refractivity contribution is 7.16. The van der Waals surface area contributed by atoms with Crippen LogP contribution in [-0.4, -0.2) is 28.1 Å². The number of methoxy groups -OCH3 is 1. The molecule has 0 heterocycles. The zero-order chi connectivity index (χ0) is 6.62. The van der Waals surface area contributed by atoms with Crippen LogP contribution >= 0.6 is 11.1 Å². The summed E-state index contributed by atoms with van der Waals surface area (Å²) in [6.07, 6.45) is 0.547. The molecule has 0 bridgehead atoms. The maximum absolute atomic E-state index is 5.81. The largest absolute Gasteiger partial charge is 0.405 e. The van der Waals surface area contributed by atoms with Gasteiger partial charge >= 0.3 is 7.63 Å². The van der Waals surface area contributed by atoms with Crippen molar-refractivity contribution in [3.63, 3.8) is 0 Å². The average Bonchev–Trinajstić information content (AvgIpc) is 1.67. The molecule has 0 aliphatic carbocycles. The van der Waals surface area contributed by atoms with Gasteiger partial charge in [-0.2, -0.15) is 0 Å². The number of ether oxygens (including phenoxy) is 1. The van der Waals surface area contributed by atoms with Crippen LogP contribution in [0.15, 0.2) is 0 Å². The molecule has 0 aromatic carbocycles. The Morgan fingerprint density at radius 2 is 2.00 bits per heavy atom. The minimum atomic E-state index is -1.93. The summed E-state index contributed by atoms with van der Waals surface area (Å²) in [5.74, 6) is 0. The minimum Gasteiger partial charge on any atom is -0.405 e. The van der Waals surface area contributed by atoms with Crippen molar-refractivity contribution >= 4 is 18.7 Å². The Morgan fingerprint density at radius 3 is 2.12 bits per heavy atom. The van der Waals surface area contributed by atoms with E-state index >= 15 is 0 Å². The summed E-state index contributed by atoms with van der Waals surface area (Å²) >= 11 is 5.81. The molecule has 1 atom stereocenters. The molecule has 8 heavy (non-hydrogen) atoms. The number of hydrogen-bond acceptors (Lipinski definition) is 2. The van der Waals surface area contributed by atoms with E-state index in [1.807, 2.05) is 6.55 Å². The Bertz CT molecular complexity index is 67.1. The van der Waals surface area contributed by atoms with Crippen molar-refractivity contribution in [3.05, 3.63) is 0 Å². The molecule has 1 unspecified atom stereocenters. The lowest BCUT2D eigenvalue weighted by atomic mass is 11.5. The molecule has 4 heteroatoms. The molecule has 0 aliphatic rings. The lowest BCUT2D eigenvalue weighted by Gasteiger charge is -2.14. The van der Waals surface area contributed by atoms with E-state index in [0.29, 0.717) is 6.23 Å². The smallest absolute Gasteiger partial charge is 0.312 e. The molecule has 50 valence electrons. The van der Waals surface area contributed by atoms with Crippen molar-refractivity contribution < 1.29 is 9.16 Å². The van der Waals surface area contributed by atoms with Crippen molar-refractivity contribution in [2.45, 2.75) is 6.55 Å². The summed E-state index contributed by atoms with van der Waals surface area (Å²) in [5, 5.41) is 0. The van der Waals surface area contributed by atoms with Gasteiger partial charge in [0.2, 0.25) is 0 Å². The normalized spacial score (nSPS) is 18.0. The highest BCUT2D eigenvalue weighted by Crippen LogP contribution is 2.07. The van der Waals surface area contributed by atoms with Crippen molar-refractivity contribution in [1.82, 2.24) is 0 Å². The molecule has 0 rings (SSSR count). The van der Waals surface area contributed by atoms with Crippen molar-refractivity contribution in [2.24, 2.45) is 0 Å². The molecule has 0 amide bonds. The maximum Gasteiger partial charge on any atom is 0.312 e. The number of hydrogen-bond donors (Lipinski definition) is 0. The summed E-state index contributed by atoms with van der Waals surface area (Å²) in [7, 11) is 1.30. The van der Waals surface area contributed by atoms with Gasteiger partial charge in [0.1, 0.15) is 0 Å². The SMILES string of the molecule is COC[Si](C)(Cl)OC. The first kappa shape index (κ1) is 8.43. The first-order valence-electron chi connectivity index (χ1n) is 2.35. The summed E-state index contributed by atoms with van der Waals surface area (Å²) < 4.78 is 9.76. The van der Waals surface area contributed by atoms with Crippen LogP contribution in [0.25, 0.3) is 0 Å². The topological polar surface area (TPSA) is 18.5 Å². The third-order valence-electron chi connectivity index (χ3n) is 0.828. The summed E-state index contributed by atoms with van der Waals surface area (Å²) in [6.45, 7) is 1.89. The van der Waals surface area contributed by atoms with Crippen LogP contribution in [0.4, 0.5) is 0 Å². The van der Waals surface area contributed by atoms with Gasteiger partial charge < -0.3 is 9.16 Å².